The molecule has 118 valence electrons. The van der Waals surface area contributed by atoms with Crippen LogP contribution in [0.3, 0.4) is 0 Å². The lowest BCUT2D eigenvalue weighted by Crippen LogP contribution is -2.14. The minimum atomic E-state index is 0.351. The number of nitrogens with zero attached hydrogens (tertiary/aromatic N) is 4. The molecule has 0 N–H and O–H groups in total. The van der Waals surface area contributed by atoms with Gasteiger partial charge in [-0.15, -0.1) is 0 Å². The molecule has 0 amide bonds. The van der Waals surface area contributed by atoms with Crippen LogP contribution < -0.4 is 4.90 Å². The fourth-order valence-corrected chi connectivity index (χ4v) is 3.04. The summed E-state index contributed by atoms with van der Waals surface area (Å²) < 4.78 is 0. The lowest BCUT2D eigenvalue weighted by Gasteiger charge is -2.20. The Morgan fingerprint density at radius 2 is 1.71 bits per heavy atom. The average molecular weight is 335 g/mol. The van der Waals surface area contributed by atoms with Crippen LogP contribution >= 0.6 is 11.6 Å². The highest BCUT2D eigenvalue weighted by Gasteiger charge is 2.24. The molecule has 2 heterocycles. The maximum absolute atomic E-state index is 6.32. The van der Waals surface area contributed by atoms with E-state index in [-0.39, 0.29) is 0 Å². The van der Waals surface area contributed by atoms with Crippen LogP contribution in [-0.2, 0) is 0 Å². The van der Waals surface area contributed by atoms with Gasteiger partial charge in [-0.1, -0.05) is 59.6 Å². The second-order valence-electron chi connectivity index (χ2n) is 5.74. The van der Waals surface area contributed by atoms with Gasteiger partial charge >= 0.3 is 0 Å². The van der Waals surface area contributed by atoms with Gasteiger partial charge in [0.1, 0.15) is 12.0 Å². The molecule has 1 aliphatic heterocycles. The molecule has 24 heavy (non-hydrogen) atoms. The van der Waals surface area contributed by atoms with Crippen molar-refractivity contribution < 1.29 is 0 Å². The van der Waals surface area contributed by atoms with Crippen molar-refractivity contribution in [1.82, 2.24) is 9.97 Å². The maximum Gasteiger partial charge on any atom is 0.163 e. The van der Waals surface area contributed by atoms with E-state index < -0.39 is 0 Å². The van der Waals surface area contributed by atoms with E-state index in [1.165, 1.54) is 11.9 Å². The van der Waals surface area contributed by atoms with E-state index in [0.29, 0.717) is 16.7 Å². The molecule has 5 heteroatoms. The van der Waals surface area contributed by atoms with Crippen LogP contribution in [0, 0.1) is 6.92 Å². The van der Waals surface area contributed by atoms with Gasteiger partial charge in [0, 0.05) is 18.2 Å². The number of fused-ring (bicyclic) bond motifs is 2. The Labute approximate surface area is 145 Å². The minimum Gasteiger partial charge on any atom is -0.327 e. The van der Waals surface area contributed by atoms with Crippen molar-refractivity contribution in [3.63, 3.8) is 0 Å². The quantitative estimate of drug-likeness (QED) is 0.606. The Morgan fingerprint density at radius 3 is 2.50 bits per heavy atom. The Hall–Kier alpha value is -2.72. The van der Waals surface area contributed by atoms with Gasteiger partial charge in [-0.3, -0.25) is 0 Å². The van der Waals surface area contributed by atoms with E-state index in [9.17, 15) is 0 Å². The fraction of sp³-hybridized carbons (Fsp3) is 0.105. The second-order valence-corrected chi connectivity index (χ2v) is 6.10. The molecule has 0 aliphatic carbocycles. The first-order valence-corrected chi connectivity index (χ1v) is 8.02. The van der Waals surface area contributed by atoms with Crippen molar-refractivity contribution in [2.45, 2.75) is 6.92 Å². The highest BCUT2D eigenvalue weighted by Crippen LogP contribution is 2.40. The first-order chi connectivity index (χ1) is 11.6. The van der Waals surface area contributed by atoms with Gasteiger partial charge in [-0.05, 0) is 13.0 Å². The molecule has 2 aromatic carbocycles. The van der Waals surface area contributed by atoms with Crippen LogP contribution in [0.5, 0.6) is 0 Å². The summed E-state index contributed by atoms with van der Waals surface area (Å²) in [4.78, 5) is 15.3. The number of benzene rings is 2. The molecular weight excluding hydrogens is 320 g/mol. The molecule has 0 spiro atoms. The van der Waals surface area contributed by atoms with Crippen molar-refractivity contribution in [3.8, 4) is 0 Å². The predicted molar refractivity (Wildman–Crippen MR) is 98.0 cm³/mol. The standard InChI is InChI=1S/C19H15ClN4/c1-12-7-9-13(10-8-12)16-14-5-3-4-6-15(14)24(2)19-17(23-16)18(20)21-11-22-19/h3-11H,1-2H3. The van der Waals surface area contributed by atoms with Gasteiger partial charge in [0.15, 0.2) is 11.0 Å². The summed E-state index contributed by atoms with van der Waals surface area (Å²) >= 11 is 6.32. The van der Waals surface area contributed by atoms with Gasteiger partial charge in [0.05, 0.1) is 11.4 Å². The molecule has 4 rings (SSSR count). The summed E-state index contributed by atoms with van der Waals surface area (Å²) in [6.45, 7) is 2.07. The van der Waals surface area contributed by atoms with Gasteiger partial charge in [-0.2, -0.15) is 0 Å². The van der Waals surface area contributed by atoms with E-state index >= 15 is 0 Å². The molecule has 0 fully saturated rings. The molecule has 0 unspecified atom stereocenters. The van der Waals surface area contributed by atoms with Crippen LogP contribution in [0.2, 0.25) is 5.15 Å². The van der Waals surface area contributed by atoms with E-state index in [0.717, 1.165) is 22.5 Å². The smallest absolute Gasteiger partial charge is 0.163 e. The molecule has 1 aliphatic rings. The zero-order valence-electron chi connectivity index (χ0n) is 13.4. The lowest BCUT2D eigenvalue weighted by molar-refractivity contribution is 1.08. The van der Waals surface area contributed by atoms with Crippen molar-refractivity contribution in [1.29, 1.82) is 0 Å². The molecule has 0 atom stereocenters. The molecule has 0 saturated heterocycles. The number of aliphatic imine (C=N–C) groups is 1. The van der Waals surface area contributed by atoms with Crippen LogP contribution in [0.1, 0.15) is 16.7 Å². The number of halogens is 1. The zero-order chi connectivity index (χ0) is 16.7. The Balaban J connectivity index is 2.04. The highest BCUT2D eigenvalue weighted by atomic mass is 35.5. The van der Waals surface area contributed by atoms with E-state index in [4.69, 9.17) is 16.6 Å². The number of aromatic nitrogens is 2. The largest absolute Gasteiger partial charge is 0.327 e. The van der Waals surface area contributed by atoms with Crippen molar-refractivity contribution in [3.05, 3.63) is 76.7 Å². The molecule has 0 radical (unpaired) electrons. The summed E-state index contributed by atoms with van der Waals surface area (Å²) in [6.07, 6.45) is 1.46. The number of rotatable bonds is 1. The Morgan fingerprint density at radius 1 is 0.958 bits per heavy atom. The third-order valence-corrected chi connectivity index (χ3v) is 4.42. The molecule has 1 aromatic heterocycles. The SMILES string of the molecule is Cc1ccc(C2=Nc3c(Cl)ncnc3N(C)c3ccccc32)cc1. The monoisotopic (exact) mass is 334 g/mol. The summed E-state index contributed by atoms with van der Waals surface area (Å²) in [5, 5.41) is 0.351. The van der Waals surface area contributed by atoms with E-state index in [2.05, 4.69) is 53.3 Å². The number of anilines is 2. The van der Waals surface area contributed by atoms with Crippen molar-refractivity contribution >= 4 is 34.5 Å². The molecular formula is C19H15ClN4. The first kappa shape index (κ1) is 14.8. The zero-order valence-corrected chi connectivity index (χ0v) is 14.1. The topological polar surface area (TPSA) is 41.4 Å². The number of para-hydroxylation sites is 1. The first-order valence-electron chi connectivity index (χ1n) is 7.64. The van der Waals surface area contributed by atoms with E-state index in [1.54, 1.807) is 0 Å². The third kappa shape index (κ3) is 2.36. The Kier molecular flexibility index (Phi) is 3.54. The summed E-state index contributed by atoms with van der Waals surface area (Å²) in [5.74, 6) is 0.699. The number of aryl methyl sites for hydroxylation is 1. The maximum atomic E-state index is 6.32. The summed E-state index contributed by atoms with van der Waals surface area (Å²) in [6, 6.07) is 16.5. The highest BCUT2D eigenvalue weighted by molar-refractivity contribution is 6.33. The van der Waals surface area contributed by atoms with Gasteiger partial charge in [0.25, 0.3) is 0 Å². The normalized spacial score (nSPS) is 13.0. The van der Waals surface area contributed by atoms with Gasteiger partial charge in [0.2, 0.25) is 0 Å². The third-order valence-electron chi connectivity index (χ3n) is 4.15. The van der Waals surface area contributed by atoms with Crippen LogP contribution in [-0.4, -0.2) is 22.7 Å². The number of hydrogen-bond acceptors (Lipinski definition) is 4. The predicted octanol–water partition coefficient (Wildman–Crippen LogP) is 4.69. The van der Waals surface area contributed by atoms with Crippen LogP contribution in [0.4, 0.5) is 17.2 Å². The molecule has 0 bridgehead atoms. The van der Waals surface area contributed by atoms with Crippen LogP contribution in [0.25, 0.3) is 0 Å². The minimum absolute atomic E-state index is 0.351. The van der Waals surface area contributed by atoms with Crippen LogP contribution in [0.15, 0.2) is 59.9 Å². The van der Waals surface area contributed by atoms with Crippen molar-refractivity contribution in [2.75, 3.05) is 11.9 Å². The molecule has 4 nitrogen and oxygen atoms in total. The van der Waals surface area contributed by atoms with E-state index in [1.807, 2.05) is 24.1 Å². The van der Waals surface area contributed by atoms with Crippen molar-refractivity contribution in [2.24, 2.45) is 4.99 Å². The Bertz CT molecular complexity index is 948. The average Bonchev–Trinajstić information content (AvgIpc) is 2.73. The van der Waals surface area contributed by atoms with Gasteiger partial charge in [-0.25, -0.2) is 15.0 Å². The number of hydrogen-bond donors (Lipinski definition) is 0. The molecule has 0 saturated carbocycles. The van der Waals surface area contributed by atoms with Gasteiger partial charge < -0.3 is 4.90 Å². The molecule has 3 aromatic rings. The summed E-state index contributed by atoms with van der Waals surface area (Å²) in [5.41, 5.74) is 5.78. The second kappa shape index (κ2) is 5.73. The summed E-state index contributed by atoms with van der Waals surface area (Å²) in [7, 11) is 1.97. The fourth-order valence-electron chi connectivity index (χ4n) is 2.87. The lowest BCUT2D eigenvalue weighted by atomic mass is 9.99.